The van der Waals surface area contributed by atoms with Gasteiger partial charge in [-0.05, 0) is 36.5 Å². The van der Waals surface area contributed by atoms with E-state index >= 15 is 0 Å². The molecule has 0 saturated carbocycles. The zero-order chi connectivity index (χ0) is 14.7. The van der Waals surface area contributed by atoms with Crippen LogP contribution in [0.25, 0.3) is 0 Å². The fraction of sp³-hybridized carbons (Fsp3) is 0.500. The Morgan fingerprint density at radius 1 is 1.25 bits per heavy atom. The smallest absolute Gasteiger partial charge is 0.308 e. The number of aliphatic carboxylic acids is 1. The monoisotopic (exact) mass is 275 g/mol. The lowest BCUT2D eigenvalue weighted by Gasteiger charge is -2.30. The zero-order valence-corrected chi connectivity index (χ0v) is 12.0. The Balaban J connectivity index is 2.08. The molecule has 1 aromatic rings. The minimum atomic E-state index is -0.808. The quantitative estimate of drug-likeness (QED) is 0.922. The molecule has 1 saturated heterocycles. The van der Waals surface area contributed by atoms with Gasteiger partial charge in [-0.2, -0.15) is 0 Å². The van der Waals surface area contributed by atoms with Crippen LogP contribution in [0, 0.1) is 5.92 Å². The van der Waals surface area contributed by atoms with Crippen molar-refractivity contribution in [1.29, 1.82) is 0 Å². The molecule has 1 aliphatic heterocycles. The van der Waals surface area contributed by atoms with Crippen LogP contribution in [0.4, 0.5) is 0 Å². The first-order valence-electron chi connectivity index (χ1n) is 7.11. The second-order valence-electron chi connectivity index (χ2n) is 5.71. The van der Waals surface area contributed by atoms with E-state index in [1.807, 2.05) is 24.3 Å². The molecule has 0 aliphatic carbocycles. The van der Waals surface area contributed by atoms with Crippen molar-refractivity contribution >= 4 is 11.9 Å². The SMILES string of the molecule is CC(C)c1ccc(C(=O)N2CCC[C@@H](C(=O)O)C2)cc1. The third-order valence-electron chi connectivity index (χ3n) is 3.88. The van der Waals surface area contributed by atoms with Gasteiger partial charge in [-0.3, -0.25) is 9.59 Å². The van der Waals surface area contributed by atoms with Crippen LogP contribution in [0.3, 0.4) is 0 Å². The number of likely N-dealkylation sites (tertiary alicyclic amines) is 1. The molecule has 1 heterocycles. The summed E-state index contributed by atoms with van der Waals surface area (Å²) in [4.78, 5) is 25.1. The van der Waals surface area contributed by atoms with Crippen LogP contribution in [0.15, 0.2) is 24.3 Å². The predicted octanol–water partition coefficient (Wildman–Crippen LogP) is 2.75. The van der Waals surface area contributed by atoms with Gasteiger partial charge in [0.25, 0.3) is 5.91 Å². The van der Waals surface area contributed by atoms with E-state index in [0.29, 0.717) is 31.0 Å². The number of carboxylic acid groups (broad SMARTS) is 1. The Kier molecular flexibility index (Phi) is 4.42. The molecule has 0 unspecified atom stereocenters. The molecule has 1 aromatic carbocycles. The van der Waals surface area contributed by atoms with Gasteiger partial charge < -0.3 is 10.0 Å². The highest BCUT2D eigenvalue weighted by molar-refractivity contribution is 5.94. The second-order valence-corrected chi connectivity index (χ2v) is 5.71. The average Bonchev–Trinajstić information content (AvgIpc) is 2.46. The van der Waals surface area contributed by atoms with Crippen molar-refractivity contribution in [2.24, 2.45) is 5.92 Å². The number of hydrogen-bond donors (Lipinski definition) is 1. The maximum Gasteiger partial charge on any atom is 0.308 e. The molecule has 4 heteroatoms. The molecular weight excluding hydrogens is 254 g/mol. The van der Waals surface area contributed by atoms with Gasteiger partial charge in [0.15, 0.2) is 0 Å². The largest absolute Gasteiger partial charge is 0.481 e. The average molecular weight is 275 g/mol. The zero-order valence-electron chi connectivity index (χ0n) is 12.0. The van der Waals surface area contributed by atoms with Gasteiger partial charge >= 0.3 is 5.97 Å². The first-order chi connectivity index (χ1) is 9.49. The Bertz CT molecular complexity index is 493. The van der Waals surface area contributed by atoms with Gasteiger partial charge in [0.1, 0.15) is 0 Å². The van der Waals surface area contributed by atoms with E-state index < -0.39 is 11.9 Å². The lowest BCUT2D eigenvalue weighted by atomic mass is 9.97. The summed E-state index contributed by atoms with van der Waals surface area (Å²) in [7, 11) is 0. The Morgan fingerprint density at radius 2 is 1.90 bits per heavy atom. The Hall–Kier alpha value is -1.84. The molecular formula is C16H21NO3. The maximum atomic E-state index is 12.4. The molecule has 0 aromatic heterocycles. The van der Waals surface area contributed by atoms with E-state index in [9.17, 15) is 9.59 Å². The number of hydrogen-bond acceptors (Lipinski definition) is 2. The van der Waals surface area contributed by atoms with Crippen LogP contribution >= 0.6 is 0 Å². The number of carbonyl (C=O) groups excluding carboxylic acids is 1. The molecule has 1 fully saturated rings. The molecule has 0 spiro atoms. The molecule has 1 N–H and O–H groups in total. The van der Waals surface area contributed by atoms with Crippen molar-refractivity contribution in [2.75, 3.05) is 13.1 Å². The van der Waals surface area contributed by atoms with E-state index in [0.717, 1.165) is 6.42 Å². The van der Waals surface area contributed by atoms with E-state index in [1.54, 1.807) is 4.90 Å². The van der Waals surface area contributed by atoms with Gasteiger partial charge in [0.2, 0.25) is 0 Å². The summed E-state index contributed by atoms with van der Waals surface area (Å²) in [5, 5.41) is 9.07. The number of piperidine rings is 1. The normalized spacial score (nSPS) is 19.1. The van der Waals surface area contributed by atoms with E-state index in [2.05, 4.69) is 13.8 Å². The molecule has 0 bridgehead atoms. The first-order valence-corrected chi connectivity index (χ1v) is 7.11. The van der Waals surface area contributed by atoms with Gasteiger partial charge in [-0.1, -0.05) is 26.0 Å². The number of benzene rings is 1. The summed E-state index contributed by atoms with van der Waals surface area (Å²) in [6.45, 7) is 5.19. The minimum Gasteiger partial charge on any atom is -0.481 e. The summed E-state index contributed by atoms with van der Waals surface area (Å²) < 4.78 is 0. The summed E-state index contributed by atoms with van der Waals surface area (Å²) >= 11 is 0. The molecule has 1 atom stereocenters. The van der Waals surface area contributed by atoms with Crippen molar-refractivity contribution in [2.45, 2.75) is 32.6 Å². The van der Waals surface area contributed by atoms with Crippen LogP contribution in [-0.2, 0) is 4.79 Å². The van der Waals surface area contributed by atoms with Crippen LogP contribution in [-0.4, -0.2) is 35.0 Å². The highest BCUT2D eigenvalue weighted by atomic mass is 16.4. The van der Waals surface area contributed by atoms with Gasteiger partial charge in [0.05, 0.1) is 5.92 Å². The predicted molar refractivity (Wildman–Crippen MR) is 76.8 cm³/mol. The molecule has 1 aliphatic rings. The fourth-order valence-electron chi connectivity index (χ4n) is 2.56. The van der Waals surface area contributed by atoms with Gasteiger partial charge in [-0.15, -0.1) is 0 Å². The molecule has 4 nitrogen and oxygen atoms in total. The first kappa shape index (κ1) is 14.6. The van der Waals surface area contributed by atoms with Crippen LogP contribution in [0.1, 0.15) is 48.5 Å². The van der Waals surface area contributed by atoms with Gasteiger partial charge in [-0.25, -0.2) is 0 Å². The van der Waals surface area contributed by atoms with E-state index in [-0.39, 0.29) is 5.91 Å². The lowest BCUT2D eigenvalue weighted by molar-refractivity contribution is -0.143. The molecule has 1 amide bonds. The summed E-state index contributed by atoms with van der Waals surface area (Å²) in [6.07, 6.45) is 1.41. The van der Waals surface area contributed by atoms with Crippen molar-refractivity contribution in [1.82, 2.24) is 4.90 Å². The summed E-state index contributed by atoms with van der Waals surface area (Å²) in [5.41, 5.74) is 1.84. The van der Waals surface area contributed by atoms with E-state index in [4.69, 9.17) is 5.11 Å². The lowest BCUT2D eigenvalue weighted by Crippen LogP contribution is -2.42. The topological polar surface area (TPSA) is 57.6 Å². The molecule has 108 valence electrons. The van der Waals surface area contributed by atoms with Crippen molar-refractivity contribution in [3.05, 3.63) is 35.4 Å². The van der Waals surface area contributed by atoms with Crippen LogP contribution in [0.5, 0.6) is 0 Å². The standard InChI is InChI=1S/C16H21NO3/c1-11(2)12-5-7-13(8-6-12)15(18)17-9-3-4-14(10-17)16(19)20/h5-8,11,14H,3-4,9-10H2,1-2H3,(H,19,20)/t14-/m1/s1. The molecule has 2 rings (SSSR count). The fourth-order valence-corrected chi connectivity index (χ4v) is 2.56. The Morgan fingerprint density at radius 3 is 2.45 bits per heavy atom. The number of amides is 1. The molecule has 20 heavy (non-hydrogen) atoms. The summed E-state index contributed by atoms with van der Waals surface area (Å²) in [5.74, 6) is -0.864. The highest BCUT2D eigenvalue weighted by Crippen LogP contribution is 2.20. The third kappa shape index (κ3) is 3.18. The van der Waals surface area contributed by atoms with Crippen LogP contribution < -0.4 is 0 Å². The van der Waals surface area contributed by atoms with Crippen molar-refractivity contribution < 1.29 is 14.7 Å². The minimum absolute atomic E-state index is 0.0637. The van der Waals surface area contributed by atoms with Crippen molar-refractivity contribution in [3.8, 4) is 0 Å². The van der Waals surface area contributed by atoms with Crippen LogP contribution in [0.2, 0.25) is 0 Å². The Labute approximate surface area is 119 Å². The number of nitrogens with zero attached hydrogens (tertiary/aromatic N) is 1. The number of carbonyl (C=O) groups is 2. The number of carboxylic acids is 1. The number of rotatable bonds is 3. The maximum absolute atomic E-state index is 12.4. The summed E-state index contributed by atoms with van der Waals surface area (Å²) in [6, 6.07) is 7.61. The van der Waals surface area contributed by atoms with Crippen molar-refractivity contribution in [3.63, 3.8) is 0 Å². The second kappa shape index (κ2) is 6.07. The highest BCUT2D eigenvalue weighted by Gasteiger charge is 2.28. The third-order valence-corrected chi connectivity index (χ3v) is 3.88. The van der Waals surface area contributed by atoms with Gasteiger partial charge in [0, 0.05) is 18.7 Å². The van der Waals surface area contributed by atoms with E-state index in [1.165, 1.54) is 5.56 Å². The molecule has 0 radical (unpaired) electrons.